The quantitative estimate of drug-likeness (QED) is 0.884. The Bertz CT molecular complexity index is 743. The number of H-pyrrole nitrogens is 1. The molecule has 2 unspecified atom stereocenters. The van der Waals surface area contributed by atoms with E-state index < -0.39 is 0 Å². The first-order chi connectivity index (χ1) is 10.5. The Morgan fingerprint density at radius 3 is 3.14 bits per heavy atom. The van der Waals surface area contributed by atoms with Gasteiger partial charge in [-0.1, -0.05) is 0 Å². The third-order valence-electron chi connectivity index (χ3n) is 3.86. The molecule has 1 aliphatic heterocycles. The summed E-state index contributed by atoms with van der Waals surface area (Å²) in [5.41, 5.74) is 1.79. The van der Waals surface area contributed by atoms with E-state index in [1.54, 1.807) is 6.07 Å². The molecule has 7 nitrogen and oxygen atoms in total. The average molecular weight is 304 g/mol. The summed E-state index contributed by atoms with van der Waals surface area (Å²) in [6.07, 6.45) is 2.31. The van der Waals surface area contributed by atoms with Crippen LogP contribution in [0.5, 0.6) is 0 Å². The zero-order valence-corrected chi connectivity index (χ0v) is 12.8. The minimum atomic E-state index is -0.318. The van der Waals surface area contributed by atoms with Gasteiger partial charge in [-0.2, -0.15) is 0 Å². The molecular formula is C15H20N4O3. The highest BCUT2D eigenvalue weighted by Gasteiger charge is 2.21. The lowest BCUT2D eigenvalue weighted by molar-refractivity contribution is -0.123. The molecule has 2 N–H and O–H groups in total. The molecule has 1 aliphatic rings. The second-order valence-corrected chi connectivity index (χ2v) is 5.78. The molecule has 0 radical (unpaired) electrons. The first-order valence-electron chi connectivity index (χ1n) is 7.53. The van der Waals surface area contributed by atoms with Crippen LogP contribution in [0.3, 0.4) is 0 Å². The van der Waals surface area contributed by atoms with E-state index in [-0.39, 0.29) is 23.6 Å². The van der Waals surface area contributed by atoms with Gasteiger partial charge in [0.05, 0.1) is 24.3 Å². The van der Waals surface area contributed by atoms with E-state index in [4.69, 9.17) is 4.74 Å². The predicted molar refractivity (Wildman–Crippen MR) is 80.7 cm³/mol. The Morgan fingerprint density at radius 1 is 1.59 bits per heavy atom. The number of hydrogen-bond acceptors (Lipinski definition) is 4. The molecular weight excluding hydrogens is 284 g/mol. The first kappa shape index (κ1) is 14.8. The number of carbonyl (C=O) groups excluding carboxylic acids is 1. The molecule has 0 bridgehead atoms. The Labute approximate surface area is 127 Å². The summed E-state index contributed by atoms with van der Waals surface area (Å²) < 4.78 is 6.85. The molecule has 1 saturated heterocycles. The monoisotopic (exact) mass is 304 g/mol. The summed E-state index contributed by atoms with van der Waals surface area (Å²) in [5, 5.41) is 5.80. The highest BCUT2D eigenvalue weighted by molar-refractivity contribution is 5.76. The van der Waals surface area contributed by atoms with E-state index in [9.17, 15) is 9.59 Å². The van der Waals surface area contributed by atoms with Crippen molar-refractivity contribution >= 4 is 11.6 Å². The van der Waals surface area contributed by atoms with Gasteiger partial charge in [0.2, 0.25) is 5.91 Å². The van der Waals surface area contributed by atoms with Crippen LogP contribution in [0.15, 0.2) is 16.9 Å². The SMILES string of the molecule is Cc1cc2nc(C(C)NC(=O)CC3CCCO3)cc(=O)n2[nH]1. The zero-order chi connectivity index (χ0) is 15.7. The van der Waals surface area contributed by atoms with Crippen LogP contribution in [-0.2, 0) is 9.53 Å². The summed E-state index contributed by atoms with van der Waals surface area (Å²) in [4.78, 5) is 28.5. The molecule has 2 aromatic rings. The summed E-state index contributed by atoms with van der Waals surface area (Å²) in [6.45, 7) is 4.42. The van der Waals surface area contributed by atoms with Gasteiger partial charge in [0.1, 0.15) is 0 Å². The fraction of sp³-hybridized carbons (Fsp3) is 0.533. The molecule has 1 amide bonds. The number of fused-ring (bicyclic) bond motifs is 1. The van der Waals surface area contributed by atoms with E-state index in [1.807, 2.05) is 13.8 Å². The van der Waals surface area contributed by atoms with Crippen molar-refractivity contribution in [2.45, 2.75) is 45.3 Å². The van der Waals surface area contributed by atoms with Gasteiger partial charge in [-0.25, -0.2) is 9.50 Å². The van der Waals surface area contributed by atoms with E-state index in [1.165, 1.54) is 10.6 Å². The molecule has 0 aliphatic carbocycles. The largest absolute Gasteiger partial charge is 0.378 e. The second kappa shape index (κ2) is 5.92. The Kier molecular flexibility index (Phi) is 3.98. The molecule has 0 saturated carbocycles. The second-order valence-electron chi connectivity index (χ2n) is 5.78. The van der Waals surface area contributed by atoms with Crippen molar-refractivity contribution in [1.82, 2.24) is 19.9 Å². The van der Waals surface area contributed by atoms with Crippen molar-refractivity contribution in [3.63, 3.8) is 0 Å². The van der Waals surface area contributed by atoms with E-state index in [0.717, 1.165) is 25.1 Å². The molecule has 2 aromatic heterocycles. The van der Waals surface area contributed by atoms with Crippen LogP contribution in [0, 0.1) is 6.92 Å². The Hall–Kier alpha value is -2.15. The summed E-state index contributed by atoms with van der Waals surface area (Å²) in [5.74, 6) is -0.0772. The van der Waals surface area contributed by atoms with Crippen LogP contribution >= 0.6 is 0 Å². The molecule has 0 aromatic carbocycles. The highest BCUT2D eigenvalue weighted by Crippen LogP contribution is 2.16. The normalized spacial score (nSPS) is 19.5. The maximum Gasteiger partial charge on any atom is 0.272 e. The van der Waals surface area contributed by atoms with Crippen LogP contribution in [-0.4, -0.2) is 33.2 Å². The number of carbonyl (C=O) groups is 1. The number of rotatable bonds is 4. The van der Waals surface area contributed by atoms with Gasteiger partial charge in [0, 0.05) is 24.4 Å². The number of nitrogens with zero attached hydrogens (tertiary/aromatic N) is 2. The number of ether oxygens (including phenoxy) is 1. The molecule has 0 spiro atoms. The number of aryl methyl sites for hydroxylation is 1. The van der Waals surface area contributed by atoms with Crippen molar-refractivity contribution in [3.8, 4) is 0 Å². The van der Waals surface area contributed by atoms with Gasteiger partial charge >= 0.3 is 0 Å². The molecule has 2 atom stereocenters. The number of nitrogens with one attached hydrogen (secondary N) is 2. The van der Waals surface area contributed by atoms with E-state index in [2.05, 4.69) is 15.4 Å². The predicted octanol–water partition coefficient (Wildman–Crippen LogP) is 1.08. The van der Waals surface area contributed by atoms with E-state index >= 15 is 0 Å². The van der Waals surface area contributed by atoms with Crippen molar-refractivity contribution in [2.24, 2.45) is 0 Å². The van der Waals surface area contributed by atoms with Crippen LogP contribution in [0.25, 0.3) is 5.65 Å². The van der Waals surface area contributed by atoms with Crippen molar-refractivity contribution in [1.29, 1.82) is 0 Å². The maximum absolute atomic E-state index is 12.0. The van der Waals surface area contributed by atoms with Crippen molar-refractivity contribution in [3.05, 3.63) is 33.9 Å². The minimum absolute atomic E-state index is 0.0144. The number of aromatic amines is 1. The van der Waals surface area contributed by atoms with Crippen molar-refractivity contribution < 1.29 is 9.53 Å². The lowest BCUT2D eigenvalue weighted by Gasteiger charge is -2.15. The summed E-state index contributed by atoms with van der Waals surface area (Å²) in [7, 11) is 0. The molecule has 118 valence electrons. The zero-order valence-electron chi connectivity index (χ0n) is 12.8. The van der Waals surface area contributed by atoms with Gasteiger partial charge < -0.3 is 10.1 Å². The topological polar surface area (TPSA) is 88.5 Å². The van der Waals surface area contributed by atoms with Crippen molar-refractivity contribution in [2.75, 3.05) is 6.61 Å². The first-order valence-corrected chi connectivity index (χ1v) is 7.53. The molecule has 3 rings (SSSR count). The summed E-state index contributed by atoms with van der Waals surface area (Å²) in [6, 6.07) is 2.92. The van der Waals surface area contributed by atoms with E-state index in [0.29, 0.717) is 17.8 Å². The lowest BCUT2D eigenvalue weighted by atomic mass is 10.1. The van der Waals surface area contributed by atoms with Gasteiger partial charge in [0.25, 0.3) is 5.56 Å². The third kappa shape index (κ3) is 3.04. The minimum Gasteiger partial charge on any atom is -0.378 e. The fourth-order valence-corrected chi connectivity index (χ4v) is 2.74. The summed E-state index contributed by atoms with van der Waals surface area (Å²) >= 11 is 0. The number of amides is 1. The number of hydrogen-bond donors (Lipinski definition) is 2. The van der Waals surface area contributed by atoms with Crippen LogP contribution in [0.2, 0.25) is 0 Å². The molecule has 3 heterocycles. The lowest BCUT2D eigenvalue weighted by Crippen LogP contribution is -2.31. The van der Waals surface area contributed by atoms with Crippen LogP contribution in [0.4, 0.5) is 0 Å². The standard InChI is InChI=1S/C15H20N4O3/c1-9-6-13-17-12(8-15(21)19(13)18-9)10(2)16-14(20)7-11-4-3-5-22-11/h6,8,10-11,18H,3-5,7H2,1-2H3,(H,16,20). The van der Waals surface area contributed by atoms with Crippen LogP contribution < -0.4 is 10.9 Å². The van der Waals surface area contributed by atoms with Gasteiger partial charge in [-0.05, 0) is 26.7 Å². The smallest absolute Gasteiger partial charge is 0.272 e. The Morgan fingerprint density at radius 2 is 2.41 bits per heavy atom. The Balaban J connectivity index is 1.72. The third-order valence-corrected chi connectivity index (χ3v) is 3.86. The van der Waals surface area contributed by atoms with Gasteiger partial charge in [-0.3, -0.25) is 14.7 Å². The maximum atomic E-state index is 12.0. The van der Waals surface area contributed by atoms with Gasteiger partial charge in [-0.15, -0.1) is 0 Å². The average Bonchev–Trinajstić information content (AvgIpc) is 3.07. The molecule has 1 fully saturated rings. The molecule has 7 heteroatoms. The van der Waals surface area contributed by atoms with Crippen LogP contribution in [0.1, 0.15) is 43.6 Å². The fourth-order valence-electron chi connectivity index (χ4n) is 2.74. The number of aromatic nitrogens is 3. The highest BCUT2D eigenvalue weighted by atomic mass is 16.5. The van der Waals surface area contributed by atoms with Gasteiger partial charge in [0.15, 0.2) is 5.65 Å². The molecule has 22 heavy (non-hydrogen) atoms.